The Labute approximate surface area is 180 Å². The molecule has 158 valence electrons. The molecule has 1 amide bonds. The van der Waals surface area contributed by atoms with Gasteiger partial charge in [-0.2, -0.15) is 0 Å². The van der Waals surface area contributed by atoms with E-state index < -0.39 is 18.0 Å². The lowest BCUT2D eigenvalue weighted by molar-refractivity contribution is -0.142. The first kappa shape index (κ1) is 23.3. The number of halogens is 1. The van der Waals surface area contributed by atoms with Gasteiger partial charge in [0, 0.05) is 33.7 Å². The van der Waals surface area contributed by atoms with Gasteiger partial charge in [0.1, 0.15) is 0 Å². The lowest BCUT2D eigenvalue weighted by Crippen LogP contribution is -2.27. The van der Waals surface area contributed by atoms with E-state index in [0.717, 1.165) is 0 Å². The Balaban J connectivity index is 1.79. The van der Waals surface area contributed by atoms with Gasteiger partial charge in [-0.05, 0) is 48.5 Å². The van der Waals surface area contributed by atoms with Crippen LogP contribution in [0, 0.1) is 5.41 Å². The second kappa shape index (κ2) is 10.2. The summed E-state index contributed by atoms with van der Waals surface area (Å²) in [6.45, 7) is 4.99. The molecule has 0 aliphatic rings. The van der Waals surface area contributed by atoms with Crippen LogP contribution in [0.5, 0.6) is 0 Å². The lowest BCUT2D eigenvalue weighted by atomic mass is 9.95. The summed E-state index contributed by atoms with van der Waals surface area (Å²) in [5.74, 6) is -1.34. The van der Waals surface area contributed by atoms with Crippen molar-refractivity contribution in [2.75, 3.05) is 11.9 Å². The second-order valence-corrected chi connectivity index (χ2v) is 8.23. The van der Waals surface area contributed by atoms with Gasteiger partial charge in [-0.25, -0.2) is 0 Å². The summed E-state index contributed by atoms with van der Waals surface area (Å²) in [5, 5.41) is 3.29. The fraction of sp³-hybridized carbons (Fsp3) is 0.304. The van der Waals surface area contributed by atoms with E-state index in [2.05, 4.69) is 5.32 Å². The van der Waals surface area contributed by atoms with Crippen molar-refractivity contribution in [3.8, 4) is 0 Å². The third-order valence-electron chi connectivity index (χ3n) is 4.23. The van der Waals surface area contributed by atoms with Gasteiger partial charge in [0.2, 0.25) is 5.91 Å². The van der Waals surface area contributed by atoms with Crippen LogP contribution in [-0.2, 0) is 14.3 Å². The first-order valence-corrected chi connectivity index (χ1v) is 9.83. The Morgan fingerprint density at radius 1 is 0.833 bits per heavy atom. The molecule has 0 saturated carbocycles. The van der Waals surface area contributed by atoms with E-state index in [1.54, 1.807) is 69.3 Å². The number of anilines is 1. The van der Waals surface area contributed by atoms with Gasteiger partial charge in [0.05, 0.1) is 6.42 Å². The zero-order chi connectivity index (χ0) is 22.3. The molecule has 2 rings (SSSR count). The average Bonchev–Trinajstić information content (AvgIpc) is 2.70. The number of amides is 1. The van der Waals surface area contributed by atoms with Crippen molar-refractivity contribution >= 4 is 40.7 Å². The Morgan fingerprint density at radius 2 is 1.37 bits per heavy atom. The van der Waals surface area contributed by atoms with Gasteiger partial charge >= 0.3 is 5.97 Å². The van der Waals surface area contributed by atoms with Crippen molar-refractivity contribution in [1.82, 2.24) is 0 Å². The summed E-state index contributed by atoms with van der Waals surface area (Å²) in [4.78, 5) is 48.1. The van der Waals surface area contributed by atoms with Crippen LogP contribution in [0.25, 0.3) is 0 Å². The van der Waals surface area contributed by atoms with Crippen molar-refractivity contribution in [2.24, 2.45) is 5.41 Å². The molecule has 1 N–H and O–H groups in total. The van der Waals surface area contributed by atoms with Gasteiger partial charge in [-0.15, -0.1) is 0 Å². The zero-order valence-corrected chi connectivity index (χ0v) is 17.9. The number of esters is 1. The number of carbonyl (C=O) groups excluding carboxylic acids is 4. The van der Waals surface area contributed by atoms with Crippen molar-refractivity contribution in [1.29, 1.82) is 0 Å². The topological polar surface area (TPSA) is 89.5 Å². The number of hydrogen-bond acceptors (Lipinski definition) is 5. The van der Waals surface area contributed by atoms with Crippen LogP contribution >= 0.6 is 11.6 Å². The molecule has 2 aromatic carbocycles. The highest BCUT2D eigenvalue weighted by Crippen LogP contribution is 2.18. The van der Waals surface area contributed by atoms with Crippen molar-refractivity contribution in [3.63, 3.8) is 0 Å². The number of nitrogens with one attached hydrogen (secondary N) is 1. The number of rotatable bonds is 8. The highest BCUT2D eigenvalue weighted by molar-refractivity contribution is 6.30. The smallest absolute Gasteiger partial charge is 0.306 e. The summed E-state index contributed by atoms with van der Waals surface area (Å²) in [6.07, 6.45) is -0.136. The maximum atomic E-state index is 12.2. The van der Waals surface area contributed by atoms with E-state index in [-0.39, 0.29) is 30.3 Å². The molecule has 0 unspecified atom stereocenters. The molecule has 0 aliphatic carbocycles. The number of Topliss-reactive ketones (excluding diaryl/α,β-unsaturated/α-hetero) is 2. The number of ketones is 2. The summed E-state index contributed by atoms with van der Waals surface area (Å²) in [7, 11) is 0. The highest BCUT2D eigenvalue weighted by Gasteiger charge is 2.21. The molecule has 30 heavy (non-hydrogen) atoms. The van der Waals surface area contributed by atoms with Crippen LogP contribution in [0.15, 0.2) is 48.5 Å². The molecule has 0 bridgehead atoms. The SMILES string of the molecule is CC(C)(C)C(=O)Nc1ccc(C(=O)COC(=O)CCC(=O)c2ccc(Cl)cc2)cc1. The minimum Gasteiger partial charge on any atom is -0.457 e. The van der Waals surface area contributed by atoms with Crippen LogP contribution in [-0.4, -0.2) is 30.0 Å². The van der Waals surface area contributed by atoms with Crippen molar-refractivity contribution < 1.29 is 23.9 Å². The highest BCUT2D eigenvalue weighted by atomic mass is 35.5. The molecular weight excluding hydrogens is 406 g/mol. The Hall–Kier alpha value is -2.99. The van der Waals surface area contributed by atoms with Crippen molar-refractivity contribution in [3.05, 3.63) is 64.7 Å². The monoisotopic (exact) mass is 429 g/mol. The predicted molar refractivity (Wildman–Crippen MR) is 115 cm³/mol. The van der Waals surface area contributed by atoms with E-state index in [1.165, 1.54) is 0 Å². The van der Waals surface area contributed by atoms with Crippen LogP contribution in [0.2, 0.25) is 5.02 Å². The molecule has 0 spiro atoms. The molecule has 6 nitrogen and oxygen atoms in total. The number of benzene rings is 2. The molecule has 7 heteroatoms. The summed E-state index contributed by atoms with van der Waals surface area (Å²) in [5.41, 5.74) is 0.859. The average molecular weight is 430 g/mol. The van der Waals surface area contributed by atoms with Crippen LogP contribution in [0.4, 0.5) is 5.69 Å². The van der Waals surface area contributed by atoms with E-state index in [0.29, 0.717) is 21.8 Å². The minimum atomic E-state index is -0.625. The largest absolute Gasteiger partial charge is 0.457 e. The third-order valence-corrected chi connectivity index (χ3v) is 4.48. The summed E-state index contributed by atoms with van der Waals surface area (Å²) >= 11 is 5.78. The first-order chi connectivity index (χ1) is 14.1. The molecule has 0 aromatic heterocycles. The maximum Gasteiger partial charge on any atom is 0.306 e. The van der Waals surface area contributed by atoms with Gasteiger partial charge in [-0.3, -0.25) is 19.2 Å². The predicted octanol–water partition coefficient (Wildman–Crippen LogP) is 4.71. The molecule has 0 saturated heterocycles. The van der Waals surface area contributed by atoms with Crippen LogP contribution in [0.3, 0.4) is 0 Å². The number of carbonyl (C=O) groups is 4. The quantitative estimate of drug-likeness (QED) is 0.484. The zero-order valence-electron chi connectivity index (χ0n) is 17.2. The molecule has 0 atom stereocenters. The second-order valence-electron chi connectivity index (χ2n) is 7.80. The van der Waals surface area contributed by atoms with Gasteiger partial charge < -0.3 is 10.1 Å². The molecule has 0 radical (unpaired) electrons. The fourth-order valence-corrected chi connectivity index (χ4v) is 2.48. The van der Waals surface area contributed by atoms with Gasteiger partial charge in [0.15, 0.2) is 18.2 Å². The molecule has 0 heterocycles. The van der Waals surface area contributed by atoms with E-state index in [4.69, 9.17) is 16.3 Å². The van der Waals surface area contributed by atoms with Gasteiger partial charge in [-0.1, -0.05) is 32.4 Å². The first-order valence-electron chi connectivity index (χ1n) is 9.45. The Kier molecular flexibility index (Phi) is 7.89. The van der Waals surface area contributed by atoms with E-state index in [9.17, 15) is 19.2 Å². The van der Waals surface area contributed by atoms with Crippen LogP contribution in [0.1, 0.15) is 54.3 Å². The third kappa shape index (κ3) is 7.12. The summed E-state index contributed by atoms with van der Waals surface area (Å²) in [6, 6.07) is 12.7. The summed E-state index contributed by atoms with van der Waals surface area (Å²) < 4.78 is 4.97. The molecule has 0 fully saturated rings. The minimum absolute atomic E-state index is 0.0170. The van der Waals surface area contributed by atoms with E-state index in [1.807, 2.05) is 0 Å². The molecule has 2 aromatic rings. The normalized spacial score (nSPS) is 10.9. The van der Waals surface area contributed by atoms with E-state index >= 15 is 0 Å². The Morgan fingerprint density at radius 3 is 1.93 bits per heavy atom. The van der Waals surface area contributed by atoms with Gasteiger partial charge in [0.25, 0.3) is 0 Å². The number of ether oxygens (including phenoxy) is 1. The Bertz CT molecular complexity index is 928. The standard InChI is InChI=1S/C23H24ClNO5/c1-23(2,3)22(29)25-18-10-6-16(7-11-18)20(27)14-30-21(28)13-12-19(26)15-4-8-17(24)9-5-15/h4-11H,12-14H2,1-3H3,(H,25,29). The fourth-order valence-electron chi connectivity index (χ4n) is 2.36. The molecular formula is C23H24ClNO5. The molecule has 0 aliphatic heterocycles. The maximum absolute atomic E-state index is 12.2. The number of hydrogen-bond donors (Lipinski definition) is 1. The van der Waals surface area contributed by atoms with Crippen molar-refractivity contribution in [2.45, 2.75) is 33.6 Å². The van der Waals surface area contributed by atoms with Crippen LogP contribution < -0.4 is 5.32 Å². The lowest BCUT2D eigenvalue weighted by Gasteiger charge is -2.17.